The summed E-state index contributed by atoms with van der Waals surface area (Å²) < 4.78 is 7.57. The van der Waals surface area contributed by atoms with Gasteiger partial charge in [0.05, 0.1) is 0 Å². The summed E-state index contributed by atoms with van der Waals surface area (Å²) in [6.07, 6.45) is 0. The second-order valence-electron chi connectivity index (χ2n) is 19.7. The molecular formula is C72H48N4S3. The maximum atomic E-state index is 2.42. The van der Waals surface area contributed by atoms with Crippen molar-refractivity contribution >= 4 is 163 Å². The van der Waals surface area contributed by atoms with Gasteiger partial charge in [-0.25, -0.2) is 0 Å². The molecule has 0 spiro atoms. The van der Waals surface area contributed by atoms with Crippen LogP contribution in [0.2, 0.25) is 0 Å². The molecule has 4 nitrogen and oxygen atoms in total. The molecule has 0 bridgehead atoms. The topological polar surface area (TPSA) is 13.0 Å². The molecule has 15 aromatic rings. The molecule has 79 heavy (non-hydrogen) atoms. The minimum atomic E-state index is 1.10. The molecule has 7 heteroatoms. The minimum absolute atomic E-state index is 1.10. The van der Waals surface area contributed by atoms with E-state index in [1.54, 1.807) is 0 Å². The fraction of sp³-hybridized carbons (Fsp3) is 0. The summed E-state index contributed by atoms with van der Waals surface area (Å²) in [5, 5.41) is 7.43. The van der Waals surface area contributed by atoms with Crippen LogP contribution in [0.3, 0.4) is 0 Å². The standard InChI is InChI=1S/C72H48N4S3/c1-7-19-49(20-8-1)73(50-21-9-2-10-22-50)55-31-37-67-61(43-55)63-45-57(33-39-69(63)77-67)75(53-27-15-5-16-28-53)59-35-41-71-65(47-59)66-48-60(36-42-72(66)79-71)76(54-29-17-6-18-30-54)58-34-40-70-64(46-58)62-44-56(32-38-68(62)78-70)74(51-23-11-3-12-24-51)52-25-13-4-14-26-52/h1-48H. The van der Waals surface area contributed by atoms with Gasteiger partial charge in [0.2, 0.25) is 0 Å². The van der Waals surface area contributed by atoms with E-state index >= 15 is 0 Å². The lowest BCUT2D eigenvalue weighted by Crippen LogP contribution is -2.10. The lowest BCUT2D eigenvalue weighted by Gasteiger charge is -2.26. The highest BCUT2D eigenvalue weighted by Gasteiger charge is 2.22. The van der Waals surface area contributed by atoms with Gasteiger partial charge in [-0.05, 0) is 182 Å². The molecular weight excluding hydrogens is 1020 g/mol. The molecule has 0 saturated heterocycles. The Morgan fingerprint density at radius 2 is 0.304 bits per heavy atom. The highest BCUT2D eigenvalue weighted by Crippen LogP contribution is 2.48. The first-order chi connectivity index (χ1) is 39.1. The van der Waals surface area contributed by atoms with Crippen molar-refractivity contribution in [2.75, 3.05) is 19.6 Å². The van der Waals surface area contributed by atoms with Crippen molar-refractivity contribution in [2.24, 2.45) is 0 Å². The smallest absolute Gasteiger partial charge is 0.0468 e. The highest BCUT2D eigenvalue weighted by atomic mass is 32.1. The molecule has 0 unspecified atom stereocenters. The van der Waals surface area contributed by atoms with E-state index in [2.05, 4.69) is 311 Å². The van der Waals surface area contributed by atoms with Crippen LogP contribution in [-0.2, 0) is 0 Å². The average Bonchev–Trinajstić information content (AvgIpc) is 4.43. The van der Waals surface area contributed by atoms with Crippen molar-refractivity contribution in [1.82, 2.24) is 0 Å². The number of rotatable bonds is 12. The Bertz CT molecular complexity index is 4300. The first-order valence-corrected chi connectivity index (χ1v) is 29.0. The Kier molecular flexibility index (Phi) is 11.7. The van der Waals surface area contributed by atoms with E-state index in [1.807, 2.05) is 34.0 Å². The predicted octanol–water partition coefficient (Wildman–Crippen LogP) is 22.7. The third-order valence-electron chi connectivity index (χ3n) is 14.9. The number of thiophene rings is 3. The lowest BCUT2D eigenvalue weighted by atomic mass is 10.1. The monoisotopic (exact) mass is 1060 g/mol. The molecule has 374 valence electrons. The van der Waals surface area contributed by atoms with Gasteiger partial charge in [-0.1, -0.05) is 109 Å². The number of anilines is 12. The van der Waals surface area contributed by atoms with Crippen molar-refractivity contribution in [2.45, 2.75) is 0 Å². The summed E-state index contributed by atoms with van der Waals surface area (Å²) in [7, 11) is 0. The quantitative estimate of drug-likeness (QED) is 0.121. The SMILES string of the molecule is c1ccc(N(c2ccccc2)c2ccc3sc4ccc(N(c5ccccc5)c5ccc6sc7ccc(N(c8ccccc8)c8ccc9sc%10ccc(N(c%11ccccc%11)c%11ccccc%11)cc%10c9c8)cc7c6c5)cc4c3c2)cc1. The summed E-state index contributed by atoms with van der Waals surface area (Å²) >= 11 is 5.55. The Morgan fingerprint density at radius 3 is 0.468 bits per heavy atom. The number of para-hydroxylation sites is 6. The van der Waals surface area contributed by atoms with Gasteiger partial charge in [-0.3, -0.25) is 0 Å². The summed E-state index contributed by atoms with van der Waals surface area (Å²) in [4.78, 5) is 9.53. The Morgan fingerprint density at radius 1 is 0.152 bits per heavy atom. The van der Waals surface area contributed by atoms with Gasteiger partial charge in [0.25, 0.3) is 0 Å². The van der Waals surface area contributed by atoms with E-state index in [0.29, 0.717) is 0 Å². The first-order valence-electron chi connectivity index (χ1n) is 26.6. The molecule has 15 rings (SSSR count). The molecule has 0 N–H and O–H groups in total. The Labute approximate surface area is 470 Å². The van der Waals surface area contributed by atoms with Crippen LogP contribution >= 0.6 is 34.0 Å². The molecule has 0 aliphatic rings. The molecule has 0 radical (unpaired) electrons. The van der Waals surface area contributed by atoms with Crippen LogP contribution in [0.5, 0.6) is 0 Å². The fourth-order valence-electron chi connectivity index (χ4n) is 11.3. The minimum Gasteiger partial charge on any atom is -0.310 e. The van der Waals surface area contributed by atoms with E-state index in [9.17, 15) is 0 Å². The van der Waals surface area contributed by atoms with Crippen LogP contribution in [0.15, 0.2) is 291 Å². The Balaban J connectivity index is 0.840. The Hall–Kier alpha value is -9.50. The third kappa shape index (κ3) is 8.53. The van der Waals surface area contributed by atoms with Crippen LogP contribution in [0.1, 0.15) is 0 Å². The van der Waals surface area contributed by atoms with Gasteiger partial charge in [0.15, 0.2) is 0 Å². The summed E-state index contributed by atoms with van der Waals surface area (Å²) in [6.45, 7) is 0. The van der Waals surface area contributed by atoms with Crippen LogP contribution in [0.4, 0.5) is 68.2 Å². The zero-order valence-electron chi connectivity index (χ0n) is 42.7. The maximum Gasteiger partial charge on any atom is 0.0468 e. The van der Waals surface area contributed by atoms with Crippen molar-refractivity contribution < 1.29 is 0 Å². The number of fused-ring (bicyclic) bond motifs is 9. The van der Waals surface area contributed by atoms with Crippen LogP contribution in [-0.4, -0.2) is 0 Å². The van der Waals surface area contributed by atoms with Gasteiger partial charge >= 0.3 is 0 Å². The largest absolute Gasteiger partial charge is 0.310 e. The molecule has 0 atom stereocenters. The predicted molar refractivity (Wildman–Crippen MR) is 344 cm³/mol. The van der Waals surface area contributed by atoms with Gasteiger partial charge < -0.3 is 19.6 Å². The fourth-order valence-corrected chi connectivity index (χ4v) is 14.5. The molecule has 0 saturated carbocycles. The normalized spacial score (nSPS) is 11.5. The highest BCUT2D eigenvalue weighted by molar-refractivity contribution is 7.26. The van der Waals surface area contributed by atoms with Gasteiger partial charge in [-0.15, -0.1) is 34.0 Å². The first kappa shape index (κ1) is 46.8. The van der Waals surface area contributed by atoms with Crippen LogP contribution in [0, 0.1) is 0 Å². The molecule has 0 aliphatic heterocycles. The second-order valence-corrected chi connectivity index (χ2v) is 23.0. The maximum absolute atomic E-state index is 2.42. The van der Waals surface area contributed by atoms with Gasteiger partial charge in [0.1, 0.15) is 0 Å². The zero-order chi connectivity index (χ0) is 52.2. The van der Waals surface area contributed by atoms with E-state index in [0.717, 1.165) is 68.2 Å². The van der Waals surface area contributed by atoms with E-state index in [4.69, 9.17) is 0 Å². The van der Waals surface area contributed by atoms with E-state index in [-0.39, 0.29) is 0 Å². The molecule has 3 heterocycles. The average molecular weight is 1070 g/mol. The zero-order valence-corrected chi connectivity index (χ0v) is 45.2. The summed E-state index contributed by atoms with van der Waals surface area (Å²) in [5.74, 6) is 0. The van der Waals surface area contributed by atoms with Crippen molar-refractivity contribution in [3.05, 3.63) is 291 Å². The molecule has 0 aliphatic carbocycles. The molecule has 0 amide bonds. The van der Waals surface area contributed by atoms with Gasteiger partial charge in [-0.2, -0.15) is 0 Å². The lowest BCUT2D eigenvalue weighted by molar-refractivity contribution is 1.29. The number of hydrogen-bond donors (Lipinski definition) is 0. The van der Waals surface area contributed by atoms with Crippen molar-refractivity contribution in [1.29, 1.82) is 0 Å². The number of hydrogen-bond acceptors (Lipinski definition) is 7. The number of nitrogens with zero attached hydrogens (tertiary/aromatic N) is 4. The number of benzene rings is 12. The van der Waals surface area contributed by atoms with E-state index < -0.39 is 0 Å². The molecule has 0 fully saturated rings. The van der Waals surface area contributed by atoms with Crippen molar-refractivity contribution in [3.8, 4) is 0 Å². The third-order valence-corrected chi connectivity index (χ3v) is 18.4. The molecule has 3 aromatic heterocycles. The molecule has 12 aromatic carbocycles. The van der Waals surface area contributed by atoms with Crippen LogP contribution in [0.25, 0.3) is 60.5 Å². The van der Waals surface area contributed by atoms with Crippen LogP contribution < -0.4 is 19.6 Å². The van der Waals surface area contributed by atoms with Crippen molar-refractivity contribution in [3.63, 3.8) is 0 Å². The van der Waals surface area contributed by atoms with E-state index in [1.165, 1.54) is 60.5 Å². The second kappa shape index (κ2) is 19.8. The van der Waals surface area contributed by atoms with Gasteiger partial charge in [0, 0.05) is 129 Å². The summed E-state index contributed by atoms with van der Waals surface area (Å²) in [5.41, 5.74) is 13.4. The summed E-state index contributed by atoms with van der Waals surface area (Å²) in [6, 6.07) is 106.